The van der Waals surface area contributed by atoms with Gasteiger partial charge in [-0.25, -0.2) is 0 Å². The van der Waals surface area contributed by atoms with Crippen LogP contribution in [0, 0.1) is 5.92 Å². The fourth-order valence-corrected chi connectivity index (χ4v) is 4.14. The summed E-state index contributed by atoms with van der Waals surface area (Å²) in [5.41, 5.74) is -0.667. The Bertz CT molecular complexity index is 384. The summed E-state index contributed by atoms with van der Waals surface area (Å²) in [4.78, 5) is 14.3. The molecule has 21 heavy (non-hydrogen) atoms. The van der Waals surface area contributed by atoms with Crippen LogP contribution in [0.1, 0.15) is 44.9 Å². The van der Waals surface area contributed by atoms with Crippen molar-refractivity contribution in [2.45, 2.75) is 62.6 Å². The molecule has 3 unspecified atom stereocenters. The second-order valence-electron chi connectivity index (χ2n) is 7.16. The van der Waals surface area contributed by atoms with Crippen molar-refractivity contribution in [1.82, 2.24) is 10.2 Å². The Kier molecular flexibility index (Phi) is 4.52. The highest BCUT2D eigenvalue weighted by Gasteiger charge is 2.49. The Labute approximate surface area is 127 Å². The van der Waals surface area contributed by atoms with Crippen molar-refractivity contribution in [3.63, 3.8) is 0 Å². The van der Waals surface area contributed by atoms with Gasteiger partial charge in [-0.1, -0.05) is 0 Å². The number of piperidine rings is 1. The molecule has 0 radical (unpaired) electrons. The summed E-state index contributed by atoms with van der Waals surface area (Å²) in [6.07, 6.45) is 7.26. The number of nitrogens with zero attached hydrogens (tertiary/aromatic N) is 1. The van der Waals surface area contributed by atoms with Gasteiger partial charge in [0.2, 0.25) is 0 Å². The molecule has 0 aromatic carbocycles. The van der Waals surface area contributed by atoms with E-state index in [4.69, 9.17) is 4.74 Å². The lowest BCUT2D eigenvalue weighted by Crippen LogP contribution is -2.53. The summed E-state index contributed by atoms with van der Waals surface area (Å²) in [7, 11) is 1.77. The SMILES string of the molecule is COCC1CCCN(C2CCC(NC3CC3)(C(=O)O)C2)C1. The molecule has 0 amide bonds. The van der Waals surface area contributed by atoms with Crippen LogP contribution in [-0.2, 0) is 9.53 Å². The largest absolute Gasteiger partial charge is 0.480 e. The molecule has 2 aliphatic carbocycles. The summed E-state index contributed by atoms with van der Waals surface area (Å²) in [5, 5.41) is 13.1. The average Bonchev–Trinajstić information content (AvgIpc) is 3.16. The predicted molar refractivity (Wildman–Crippen MR) is 80.3 cm³/mol. The zero-order valence-electron chi connectivity index (χ0n) is 13.0. The molecule has 3 aliphatic rings. The first-order valence-corrected chi connectivity index (χ1v) is 8.37. The van der Waals surface area contributed by atoms with Gasteiger partial charge in [0, 0.05) is 25.7 Å². The van der Waals surface area contributed by atoms with Gasteiger partial charge in [-0.05, 0) is 57.4 Å². The number of likely N-dealkylation sites (tertiary alicyclic amines) is 1. The number of hydrogen-bond acceptors (Lipinski definition) is 4. The van der Waals surface area contributed by atoms with Crippen LogP contribution in [0.25, 0.3) is 0 Å². The summed E-state index contributed by atoms with van der Waals surface area (Å²) >= 11 is 0. The maximum atomic E-state index is 11.8. The molecule has 1 saturated heterocycles. The van der Waals surface area contributed by atoms with E-state index in [0.717, 1.165) is 51.8 Å². The molecule has 0 aromatic rings. The van der Waals surface area contributed by atoms with E-state index in [9.17, 15) is 9.90 Å². The van der Waals surface area contributed by atoms with E-state index in [1.54, 1.807) is 7.11 Å². The minimum absolute atomic E-state index is 0.423. The van der Waals surface area contributed by atoms with Crippen LogP contribution < -0.4 is 5.32 Å². The third-order valence-electron chi connectivity index (χ3n) is 5.42. The van der Waals surface area contributed by atoms with Crippen LogP contribution in [-0.4, -0.2) is 60.4 Å². The number of aliphatic carboxylic acids is 1. The number of hydrogen-bond donors (Lipinski definition) is 2. The molecule has 0 aromatic heterocycles. The summed E-state index contributed by atoms with van der Waals surface area (Å²) in [6, 6.07) is 0.870. The Morgan fingerprint density at radius 1 is 1.38 bits per heavy atom. The van der Waals surface area contributed by atoms with Crippen molar-refractivity contribution in [2.75, 3.05) is 26.8 Å². The lowest BCUT2D eigenvalue weighted by molar-refractivity contribution is -0.145. The molecular formula is C16H28N2O3. The van der Waals surface area contributed by atoms with E-state index in [-0.39, 0.29) is 0 Å². The molecule has 5 nitrogen and oxygen atoms in total. The molecule has 3 atom stereocenters. The monoisotopic (exact) mass is 296 g/mol. The molecular weight excluding hydrogens is 268 g/mol. The fourth-order valence-electron chi connectivity index (χ4n) is 4.14. The number of rotatable bonds is 6. The highest BCUT2D eigenvalue weighted by atomic mass is 16.5. The summed E-state index contributed by atoms with van der Waals surface area (Å²) < 4.78 is 5.30. The van der Waals surface area contributed by atoms with Gasteiger partial charge in [0.15, 0.2) is 0 Å². The Morgan fingerprint density at radius 2 is 2.19 bits per heavy atom. The molecule has 0 spiro atoms. The molecule has 3 rings (SSSR count). The lowest BCUT2D eigenvalue weighted by Gasteiger charge is -2.37. The highest BCUT2D eigenvalue weighted by Crippen LogP contribution is 2.37. The van der Waals surface area contributed by atoms with Crippen molar-refractivity contribution in [3.05, 3.63) is 0 Å². The van der Waals surface area contributed by atoms with Gasteiger partial charge in [-0.15, -0.1) is 0 Å². The fraction of sp³-hybridized carbons (Fsp3) is 0.938. The molecule has 2 N–H and O–H groups in total. The van der Waals surface area contributed by atoms with Gasteiger partial charge in [0.25, 0.3) is 0 Å². The Hall–Kier alpha value is -0.650. The van der Waals surface area contributed by atoms with E-state index in [1.165, 1.54) is 12.8 Å². The van der Waals surface area contributed by atoms with Crippen LogP contribution in [0.2, 0.25) is 0 Å². The molecule has 2 saturated carbocycles. The quantitative estimate of drug-likeness (QED) is 0.777. The van der Waals surface area contributed by atoms with Gasteiger partial charge >= 0.3 is 5.97 Å². The van der Waals surface area contributed by atoms with Gasteiger partial charge in [-0.3, -0.25) is 15.0 Å². The number of carbonyl (C=O) groups is 1. The number of nitrogens with one attached hydrogen (secondary N) is 1. The first-order chi connectivity index (χ1) is 10.1. The van der Waals surface area contributed by atoms with E-state index < -0.39 is 11.5 Å². The van der Waals surface area contributed by atoms with Crippen molar-refractivity contribution in [3.8, 4) is 0 Å². The van der Waals surface area contributed by atoms with Crippen LogP contribution in [0.5, 0.6) is 0 Å². The minimum Gasteiger partial charge on any atom is -0.480 e. The summed E-state index contributed by atoms with van der Waals surface area (Å²) in [6.45, 7) is 3.01. The van der Waals surface area contributed by atoms with E-state index in [2.05, 4.69) is 10.2 Å². The van der Waals surface area contributed by atoms with Gasteiger partial charge in [0.05, 0.1) is 6.61 Å². The Morgan fingerprint density at radius 3 is 2.86 bits per heavy atom. The normalized spacial score (nSPS) is 37.8. The zero-order valence-corrected chi connectivity index (χ0v) is 13.0. The highest BCUT2D eigenvalue weighted by molar-refractivity contribution is 5.79. The minimum atomic E-state index is -0.667. The standard InChI is InChI=1S/C16H28N2O3/c1-21-11-12-3-2-8-18(10-12)14-6-7-16(9-14,15(19)20)17-13-4-5-13/h12-14,17H,2-11H2,1H3,(H,19,20). The maximum absolute atomic E-state index is 11.8. The number of methoxy groups -OCH3 is 1. The first kappa shape index (κ1) is 15.3. The van der Waals surface area contributed by atoms with Gasteiger partial charge < -0.3 is 9.84 Å². The third kappa shape index (κ3) is 3.41. The third-order valence-corrected chi connectivity index (χ3v) is 5.42. The van der Waals surface area contributed by atoms with Crippen LogP contribution in [0.4, 0.5) is 0 Å². The van der Waals surface area contributed by atoms with Crippen LogP contribution in [0.15, 0.2) is 0 Å². The average molecular weight is 296 g/mol. The Balaban J connectivity index is 1.60. The first-order valence-electron chi connectivity index (χ1n) is 8.37. The molecule has 1 aliphatic heterocycles. The van der Waals surface area contributed by atoms with E-state index in [1.807, 2.05) is 0 Å². The molecule has 120 valence electrons. The van der Waals surface area contributed by atoms with Crippen molar-refractivity contribution >= 4 is 5.97 Å². The van der Waals surface area contributed by atoms with E-state index in [0.29, 0.717) is 18.0 Å². The van der Waals surface area contributed by atoms with Gasteiger partial charge in [-0.2, -0.15) is 0 Å². The van der Waals surface area contributed by atoms with Gasteiger partial charge in [0.1, 0.15) is 5.54 Å². The topological polar surface area (TPSA) is 61.8 Å². The summed E-state index contributed by atoms with van der Waals surface area (Å²) in [5.74, 6) is -0.0395. The predicted octanol–water partition coefficient (Wildman–Crippen LogP) is 1.47. The van der Waals surface area contributed by atoms with Crippen molar-refractivity contribution in [1.29, 1.82) is 0 Å². The molecule has 5 heteroatoms. The van der Waals surface area contributed by atoms with Crippen molar-refractivity contribution < 1.29 is 14.6 Å². The second kappa shape index (κ2) is 6.23. The van der Waals surface area contributed by atoms with E-state index >= 15 is 0 Å². The van der Waals surface area contributed by atoms with Crippen molar-refractivity contribution in [2.24, 2.45) is 5.92 Å². The molecule has 3 fully saturated rings. The zero-order chi connectivity index (χ0) is 14.9. The molecule has 1 heterocycles. The second-order valence-corrected chi connectivity index (χ2v) is 7.16. The maximum Gasteiger partial charge on any atom is 0.323 e. The van der Waals surface area contributed by atoms with Crippen LogP contribution >= 0.6 is 0 Å². The number of ether oxygens (including phenoxy) is 1. The lowest BCUT2D eigenvalue weighted by atomic mass is 9.94. The number of carboxylic acids is 1. The smallest absolute Gasteiger partial charge is 0.323 e. The molecule has 0 bridgehead atoms. The van der Waals surface area contributed by atoms with Crippen LogP contribution in [0.3, 0.4) is 0 Å². The number of carboxylic acid groups (broad SMARTS) is 1.